The zero-order chi connectivity index (χ0) is 16.7. The summed E-state index contributed by atoms with van der Waals surface area (Å²) in [5, 5.41) is 21.1. The molecule has 1 aromatic carbocycles. The number of ether oxygens (including phenoxy) is 1. The molecule has 0 saturated heterocycles. The molecule has 124 valence electrons. The van der Waals surface area contributed by atoms with Crippen LogP contribution in [0.1, 0.15) is 17.5 Å². The van der Waals surface area contributed by atoms with Gasteiger partial charge in [-0.3, -0.25) is 4.79 Å². The fraction of sp³-hybridized carbons (Fsp3) is 0.400. The number of aliphatic hydroxyl groups excluding tert-OH is 1. The van der Waals surface area contributed by atoms with Crippen LogP contribution in [0.3, 0.4) is 0 Å². The number of hydrogen-bond donors (Lipinski definition) is 2. The van der Waals surface area contributed by atoms with E-state index in [4.69, 9.17) is 16.3 Å². The Hall–Kier alpha value is -1.96. The number of halogens is 1. The molecule has 1 heterocycles. The van der Waals surface area contributed by atoms with Gasteiger partial charge in [-0.15, -0.1) is 10.2 Å². The van der Waals surface area contributed by atoms with Crippen molar-refractivity contribution < 1.29 is 14.6 Å². The van der Waals surface area contributed by atoms with Gasteiger partial charge in [0.05, 0.1) is 6.61 Å². The third kappa shape index (κ3) is 5.02. The lowest BCUT2D eigenvalue weighted by molar-refractivity contribution is -0.129. The number of amides is 1. The van der Waals surface area contributed by atoms with Crippen molar-refractivity contribution in [2.24, 2.45) is 0 Å². The molecule has 0 aliphatic rings. The Balaban J connectivity index is 1.82. The average Bonchev–Trinajstić information content (AvgIpc) is 3.00. The van der Waals surface area contributed by atoms with E-state index in [0.29, 0.717) is 36.7 Å². The summed E-state index contributed by atoms with van der Waals surface area (Å²) >= 11 is 5.78. The molecule has 2 aromatic rings. The first-order chi connectivity index (χ1) is 11.1. The highest BCUT2D eigenvalue weighted by Gasteiger charge is 2.17. The number of carbonyl (C=O) groups excluding carboxylic acids is 1. The number of aromatic nitrogens is 3. The maximum absolute atomic E-state index is 12.0. The zero-order valence-corrected chi connectivity index (χ0v) is 13.5. The van der Waals surface area contributed by atoms with Gasteiger partial charge in [0.15, 0.2) is 6.10 Å². The van der Waals surface area contributed by atoms with E-state index in [0.717, 1.165) is 5.82 Å². The summed E-state index contributed by atoms with van der Waals surface area (Å²) in [6.45, 7) is 1.57. The highest BCUT2D eigenvalue weighted by atomic mass is 35.5. The van der Waals surface area contributed by atoms with Crippen LogP contribution in [0.25, 0.3) is 0 Å². The molecule has 8 heteroatoms. The van der Waals surface area contributed by atoms with Crippen molar-refractivity contribution in [3.8, 4) is 0 Å². The predicted octanol–water partition coefficient (Wildman–Crippen LogP) is 0.970. The van der Waals surface area contributed by atoms with Crippen LogP contribution in [-0.4, -0.2) is 46.0 Å². The number of benzene rings is 1. The van der Waals surface area contributed by atoms with Gasteiger partial charge >= 0.3 is 0 Å². The second-order valence-corrected chi connectivity index (χ2v) is 5.36. The molecular formula is C15H19ClN4O3. The first-order valence-electron chi connectivity index (χ1n) is 7.18. The van der Waals surface area contributed by atoms with Crippen LogP contribution in [0.4, 0.5) is 0 Å². The van der Waals surface area contributed by atoms with E-state index in [2.05, 4.69) is 15.5 Å². The molecule has 0 aliphatic carbocycles. The SMILES string of the molecule is COCCn1cnnc1CCNC(=O)C(O)c1ccc(Cl)cc1. The number of nitrogens with one attached hydrogen (secondary N) is 1. The lowest BCUT2D eigenvalue weighted by Crippen LogP contribution is -2.31. The van der Waals surface area contributed by atoms with Crippen molar-refractivity contribution in [2.75, 3.05) is 20.3 Å². The molecular weight excluding hydrogens is 320 g/mol. The Labute approximate surface area is 139 Å². The molecule has 1 amide bonds. The molecule has 1 unspecified atom stereocenters. The third-order valence-corrected chi connectivity index (χ3v) is 3.57. The van der Waals surface area contributed by atoms with E-state index >= 15 is 0 Å². The van der Waals surface area contributed by atoms with Crippen LogP contribution in [-0.2, 0) is 22.5 Å². The van der Waals surface area contributed by atoms with Crippen molar-refractivity contribution in [3.05, 3.63) is 47.0 Å². The molecule has 7 nitrogen and oxygen atoms in total. The Kier molecular flexibility index (Phi) is 6.52. The maximum atomic E-state index is 12.0. The molecule has 0 saturated carbocycles. The van der Waals surface area contributed by atoms with Gasteiger partial charge in [0, 0.05) is 31.6 Å². The summed E-state index contributed by atoms with van der Waals surface area (Å²) in [6.07, 6.45) is 0.917. The predicted molar refractivity (Wildman–Crippen MR) is 85.0 cm³/mol. The minimum Gasteiger partial charge on any atom is -0.383 e. The third-order valence-electron chi connectivity index (χ3n) is 3.31. The van der Waals surface area contributed by atoms with Crippen LogP contribution >= 0.6 is 11.6 Å². The van der Waals surface area contributed by atoms with Crippen LogP contribution in [0, 0.1) is 0 Å². The topological polar surface area (TPSA) is 89.3 Å². The Morgan fingerprint density at radius 3 is 2.87 bits per heavy atom. The van der Waals surface area contributed by atoms with E-state index < -0.39 is 12.0 Å². The largest absolute Gasteiger partial charge is 0.383 e. The fourth-order valence-electron chi connectivity index (χ4n) is 2.04. The van der Waals surface area contributed by atoms with Crippen LogP contribution in [0.5, 0.6) is 0 Å². The highest BCUT2D eigenvalue weighted by Crippen LogP contribution is 2.16. The van der Waals surface area contributed by atoms with Crippen LogP contribution in [0.2, 0.25) is 5.02 Å². The zero-order valence-electron chi connectivity index (χ0n) is 12.8. The van der Waals surface area contributed by atoms with E-state index in [1.165, 1.54) is 0 Å². The van der Waals surface area contributed by atoms with Gasteiger partial charge < -0.3 is 19.7 Å². The Morgan fingerprint density at radius 2 is 2.17 bits per heavy atom. The Bertz CT molecular complexity index is 630. The second kappa shape index (κ2) is 8.61. The number of aliphatic hydroxyl groups is 1. The molecule has 0 spiro atoms. The lowest BCUT2D eigenvalue weighted by Gasteiger charge is -2.12. The van der Waals surface area contributed by atoms with Gasteiger partial charge in [0.25, 0.3) is 5.91 Å². The fourth-order valence-corrected chi connectivity index (χ4v) is 2.17. The molecule has 23 heavy (non-hydrogen) atoms. The molecule has 2 rings (SSSR count). The second-order valence-electron chi connectivity index (χ2n) is 4.93. The van der Waals surface area contributed by atoms with E-state index in [1.807, 2.05) is 4.57 Å². The molecule has 1 aromatic heterocycles. The van der Waals surface area contributed by atoms with E-state index in [9.17, 15) is 9.90 Å². The number of carbonyl (C=O) groups is 1. The minimum absolute atomic E-state index is 0.356. The van der Waals surface area contributed by atoms with E-state index in [-0.39, 0.29) is 0 Å². The van der Waals surface area contributed by atoms with Gasteiger partial charge in [0.1, 0.15) is 12.2 Å². The smallest absolute Gasteiger partial charge is 0.253 e. The standard InChI is InChI=1S/C15H19ClN4O3/c1-23-9-8-20-10-18-19-13(20)6-7-17-15(22)14(21)11-2-4-12(16)5-3-11/h2-5,10,14,21H,6-9H2,1H3,(H,17,22). The molecule has 0 fully saturated rings. The summed E-state index contributed by atoms with van der Waals surface area (Å²) in [6, 6.07) is 6.50. The number of nitrogens with zero attached hydrogens (tertiary/aromatic N) is 3. The lowest BCUT2D eigenvalue weighted by atomic mass is 10.1. The minimum atomic E-state index is -1.22. The molecule has 0 aliphatic heterocycles. The first kappa shape index (κ1) is 17.4. The van der Waals surface area contributed by atoms with Crippen molar-refractivity contribution in [1.29, 1.82) is 0 Å². The number of hydrogen-bond acceptors (Lipinski definition) is 5. The highest BCUT2D eigenvalue weighted by molar-refractivity contribution is 6.30. The van der Waals surface area contributed by atoms with Gasteiger partial charge in [-0.05, 0) is 17.7 Å². The van der Waals surface area contributed by atoms with E-state index in [1.54, 1.807) is 37.7 Å². The van der Waals surface area contributed by atoms with Gasteiger partial charge in [0.2, 0.25) is 0 Å². The quantitative estimate of drug-likeness (QED) is 0.748. The summed E-state index contributed by atoms with van der Waals surface area (Å²) in [7, 11) is 1.63. The number of rotatable bonds is 8. The summed E-state index contributed by atoms with van der Waals surface area (Å²) < 4.78 is 6.88. The Morgan fingerprint density at radius 1 is 1.43 bits per heavy atom. The molecule has 0 radical (unpaired) electrons. The number of methoxy groups -OCH3 is 1. The average molecular weight is 339 g/mol. The molecule has 1 atom stereocenters. The van der Waals surface area contributed by atoms with Crippen LogP contribution in [0.15, 0.2) is 30.6 Å². The van der Waals surface area contributed by atoms with Crippen molar-refractivity contribution in [3.63, 3.8) is 0 Å². The molecule has 0 bridgehead atoms. The van der Waals surface area contributed by atoms with Crippen LogP contribution < -0.4 is 5.32 Å². The van der Waals surface area contributed by atoms with Gasteiger partial charge in [-0.25, -0.2) is 0 Å². The summed E-state index contributed by atoms with van der Waals surface area (Å²) in [4.78, 5) is 12.0. The first-order valence-corrected chi connectivity index (χ1v) is 7.56. The van der Waals surface area contributed by atoms with Gasteiger partial charge in [-0.1, -0.05) is 23.7 Å². The van der Waals surface area contributed by atoms with Crippen molar-refractivity contribution in [2.45, 2.75) is 19.1 Å². The summed E-state index contributed by atoms with van der Waals surface area (Å²) in [5.74, 6) is 0.290. The molecule has 2 N–H and O–H groups in total. The van der Waals surface area contributed by atoms with Crippen molar-refractivity contribution in [1.82, 2.24) is 20.1 Å². The van der Waals surface area contributed by atoms with Crippen molar-refractivity contribution >= 4 is 17.5 Å². The maximum Gasteiger partial charge on any atom is 0.253 e. The monoisotopic (exact) mass is 338 g/mol. The van der Waals surface area contributed by atoms with Gasteiger partial charge in [-0.2, -0.15) is 0 Å². The summed E-state index contributed by atoms with van der Waals surface area (Å²) in [5.41, 5.74) is 0.496. The normalized spacial score (nSPS) is 12.1.